The number of nitriles is 1. The molecule has 0 spiro atoms. The number of carbonyl (C=O) groups excluding carboxylic acids is 1. The summed E-state index contributed by atoms with van der Waals surface area (Å²) in [7, 11) is 1.61. The van der Waals surface area contributed by atoms with Gasteiger partial charge in [-0.2, -0.15) is 5.26 Å². The third kappa shape index (κ3) is 3.49. The maximum atomic E-state index is 13.7. The summed E-state index contributed by atoms with van der Waals surface area (Å²) in [5, 5.41) is 8.85. The van der Waals surface area contributed by atoms with Crippen molar-refractivity contribution in [2.75, 3.05) is 7.05 Å². The molecule has 3 nitrogen and oxygen atoms in total. The van der Waals surface area contributed by atoms with Crippen LogP contribution in [0.2, 0.25) is 0 Å². The number of benzene rings is 1. The molecule has 0 N–H and O–H groups in total. The van der Waals surface area contributed by atoms with Crippen molar-refractivity contribution in [2.45, 2.75) is 13.5 Å². The lowest BCUT2D eigenvalue weighted by Crippen LogP contribution is -2.26. The number of halogens is 2. The van der Waals surface area contributed by atoms with Gasteiger partial charge in [-0.1, -0.05) is 0 Å². The van der Waals surface area contributed by atoms with Gasteiger partial charge in [0.05, 0.1) is 20.3 Å². The second kappa shape index (κ2) is 6.37. The van der Waals surface area contributed by atoms with Crippen LogP contribution in [0.5, 0.6) is 0 Å². The fraction of sp³-hybridized carbons (Fsp3) is 0.200. The van der Waals surface area contributed by atoms with E-state index < -0.39 is 5.82 Å². The minimum atomic E-state index is -0.419. The molecule has 2 rings (SSSR count). The Hall–Kier alpha value is -1.71. The van der Waals surface area contributed by atoms with E-state index in [-0.39, 0.29) is 12.5 Å². The summed E-state index contributed by atoms with van der Waals surface area (Å²) in [5.74, 6) is -0.590. The van der Waals surface area contributed by atoms with Gasteiger partial charge in [-0.15, -0.1) is 11.3 Å². The van der Waals surface area contributed by atoms with Crippen LogP contribution < -0.4 is 0 Å². The van der Waals surface area contributed by atoms with Gasteiger partial charge in [-0.3, -0.25) is 4.79 Å². The van der Waals surface area contributed by atoms with Gasteiger partial charge in [0, 0.05) is 19.2 Å². The normalized spacial score (nSPS) is 10.2. The molecule has 0 unspecified atom stereocenters. The van der Waals surface area contributed by atoms with E-state index in [1.54, 1.807) is 13.1 Å². The average Bonchev–Trinajstić information content (AvgIpc) is 2.80. The van der Waals surface area contributed by atoms with Crippen molar-refractivity contribution < 1.29 is 9.18 Å². The topological polar surface area (TPSA) is 44.1 Å². The van der Waals surface area contributed by atoms with Crippen molar-refractivity contribution in [1.29, 1.82) is 5.26 Å². The van der Waals surface area contributed by atoms with Crippen LogP contribution in [0, 0.1) is 24.1 Å². The third-order valence-electron chi connectivity index (χ3n) is 3.00. The Labute approximate surface area is 134 Å². The van der Waals surface area contributed by atoms with E-state index in [9.17, 15) is 9.18 Å². The average molecular weight is 367 g/mol. The van der Waals surface area contributed by atoms with Crippen molar-refractivity contribution in [3.8, 4) is 6.07 Å². The number of carbonyl (C=O) groups is 1. The van der Waals surface area contributed by atoms with Crippen molar-refractivity contribution in [2.24, 2.45) is 0 Å². The van der Waals surface area contributed by atoms with E-state index in [2.05, 4.69) is 15.9 Å². The van der Waals surface area contributed by atoms with Crippen LogP contribution in [0.1, 0.15) is 26.4 Å². The standard InChI is InChI=1S/C15H12BrFN2OS/c1-9-5-13(21-14(9)16)15(20)19(2)8-11-6-10(7-18)3-4-12(11)17/h3-6H,8H2,1-2H3. The van der Waals surface area contributed by atoms with Gasteiger partial charge in [0.25, 0.3) is 5.91 Å². The summed E-state index contributed by atoms with van der Waals surface area (Å²) in [4.78, 5) is 14.3. The number of hydrogen-bond donors (Lipinski definition) is 0. The minimum absolute atomic E-state index is 0.120. The molecule has 0 saturated carbocycles. The zero-order valence-electron chi connectivity index (χ0n) is 11.5. The molecule has 1 aromatic carbocycles. The van der Waals surface area contributed by atoms with E-state index in [1.165, 1.54) is 34.4 Å². The van der Waals surface area contributed by atoms with Gasteiger partial charge < -0.3 is 4.90 Å². The number of nitrogens with zero attached hydrogens (tertiary/aromatic N) is 2. The highest BCUT2D eigenvalue weighted by atomic mass is 79.9. The molecule has 21 heavy (non-hydrogen) atoms. The van der Waals surface area contributed by atoms with Crippen molar-refractivity contribution >= 4 is 33.2 Å². The summed E-state index contributed by atoms with van der Waals surface area (Å²) in [6.07, 6.45) is 0. The number of hydrogen-bond acceptors (Lipinski definition) is 3. The maximum absolute atomic E-state index is 13.7. The van der Waals surface area contributed by atoms with E-state index >= 15 is 0 Å². The molecule has 1 amide bonds. The summed E-state index contributed by atoms with van der Waals surface area (Å²) >= 11 is 4.74. The SMILES string of the molecule is Cc1cc(C(=O)N(C)Cc2cc(C#N)ccc2F)sc1Br. The van der Waals surface area contributed by atoms with Crippen molar-refractivity contribution in [3.05, 3.63) is 55.4 Å². The monoisotopic (exact) mass is 366 g/mol. The molecule has 6 heteroatoms. The summed E-state index contributed by atoms with van der Waals surface area (Å²) < 4.78 is 14.7. The molecule has 0 saturated heterocycles. The first kappa shape index (κ1) is 15.7. The van der Waals surface area contributed by atoms with Crippen LogP contribution in [0.15, 0.2) is 28.1 Å². The highest BCUT2D eigenvalue weighted by Gasteiger charge is 2.17. The molecule has 2 aromatic rings. The fourth-order valence-electron chi connectivity index (χ4n) is 1.85. The van der Waals surface area contributed by atoms with Gasteiger partial charge in [0.15, 0.2) is 0 Å². The summed E-state index contributed by atoms with van der Waals surface area (Å²) in [6.45, 7) is 2.03. The van der Waals surface area contributed by atoms with Crippen LogP contribution >= 0.6 is 27.3 Å². The first-order valence-electron chi connectivity index (χ1n) is 6.12. The van der Waals surface area contributed by atoms with Crippen LogP contribution in [0.25, 0.3) is 0 Å². The van der Waals surface area contributed by atoms with E-state index in [0.29, 0.717) is 16.0 Å². The van der Waals surface area contributed by atoms with Gasteiger partial charge >= 0.3 is 0 Å². The predicted molar refractivity (Wildman–Crippen MR) is 83.7 cm³/mol. The third-order valence-corrected chi connectivity index (χ3v) is 5.12. The lowest BCUT2D eigenvalue weighted by Gasteiger charge is -2.16. The molecule has 0 atom stereocenters. The van der Waals surface area contributed by atoms with Gasteiger partial charge in [0.1, 0.15) is 5.82 Å². The van der Waals surface area contributed by atoms with Crippen LogP contribution in [-0.4, -0.2) is 17.9 Å². The Balaban J connectivity index is 2.20. The Morgan fingerprint density at radius 1 is 1.48 bits per heavy atom. The van der Waals surface area contributed by atoms with Crippen LogP contribution in [0.4, 0.5) is 4.39 Å². The molecular formula is C15H12BrFN2OS. The molecule has 0 aliphatic carbocycles. The van der Waals surface area contributed by atoms with E-state index in [1.807, 2.05) is 13.0 Å². The largest absolute Gasteiger partial charge is 0.337 e. The number of thiophene rings is 1. The number of rotatable bonds is 3. The van der Waals surface area contributed by atoms with Gasteiger partial charge in [0.2, 0.25) is 0 Å². The molecule has 0 aliphatic rings. The molecule has 108 valence electrons. The highest BCUT2D eigenvalue weighted by molar-refractivity contribution is 9.11. The lowest BCUT2D eigenvalue weighted by atomic mass is 10.1. The summed E-state index contributed by atoms with van der Waals surface area (Å²) in [6, 6.07) is 7.90. The van der Waals surface area contributed by atoms with Crippen LogP contribution in [-0.2, 0) is 6.54 Å². The Bertz CT molecular complexity index is 716. The maximum Gasteiger partial charge on any atom is 0.264 e. The summed E-state index contributed by atoms with van der Waals surface area (Å²) in [5.41, 5.74) is 1.70. The lowest BCUT2D eigenvalue weighted by molar-refractivity contribution is 0.0788. The molecule has 0 bridgehead atoms. The van der Waals surface area contributed by atoms with Crippen LogP contribution in [0.3, 0.4) is 0 Å². The molecule has 0 aliphatic heterocycles. The Kier molecular flexibility index (Phi) is 4.76. The first-order chi connectivity index (χ1) is 9.92. The van der Waals surface area contributed by atoms with Crippen molar-refractivity contribution in [3.63, 3.8) is 0 Å². The molecule has 0 radical (unpaired) electrons. The molecule has 1 aromatic heterocycles. The quantitative estimate of drug-likeness (QED) is 0.820. The second-order valence-electron chi connectivity index (χ2n) is 4.65. The predicted octanol–water partition coefficient (Wildman–Crippen LogP) is 4.10. The van der Waals surface area contributed by atoms with Gasteiger partial charge in [-0.05, 0) is 52.7 Å². The second-order valence-corrected chi connectivity index (χ2v) is 7.02. The molecule has 1 heterocycles. The van der Waals surface area contributed by atoms with Crippen molar-refractivity contribution in [1.82, 2.24) is 4.90 Å². The Morgan fingerprint density at radius 2 is 2.19 bits per heavy atom. The zero-order valence-corrected chi connectivity index (χ0v) is 13.9. The fourth-order valence-corrected chi connectivity index (χ4v) is 3.38. The molecule has 0 fully saturated rings. The van der Waals surface area contributed by atoms with E-state index in [4.69, 9.17) is 5.26 Å². The van der Waals surface area contributed by atoms with Gasteiger partial charge in [-0.25, -0.2) is 4.39 Å². The smallest absolute Gasteiger partial charge is 0.264 e. The zero-order chi connectivity index (χ0) is 15.6. The highest BCUT2D eigenvalue weighted by Crippen LogP contribution is 2.28. The number of aryl methyl sites for hydroxylation is 1. The number of amides is 1. The first-order valence-corrected chi connectivity index (χ1v) is 7.73. The van der Waals surface area contributed by atoms with E-state index in [0.717, 1.165) is 9.35 Å². The Morgan fingerprint density at radius 3 is 2.76 bits per heavy atom. The minimum Gasteiger partial charge on any atom is -0.337 e. The molecular weight excluding hydrogens is 355 g/mol.